The Bertz CT molecular complexity index is 620. The molecule has 0 aliphatic rings. The largest absolute Gasteiger partial charge is 0.744 e. The van der Waals surface area contributed by atoms with E-state index < -0.39 is 10.1 Å². The molecule has 0 spiro atoms. The van der Waals surface area contributed by atoms with Gasteiger partial charge in [-0.15, -0.1) is 0 Å². The number of rotatable bonds is 6. The van der Waals surface area contributed by atoms with Crippen molar-refractivity contribution < 1.29 is 17.5 Å². The maximum atomic E-state index is 10.4. The Morgan fingerprint density at radius 1 is 1.14 bits per heavy atom. The second-order valence-corrected chi connectivity index (χ2v) is 6.56. The summed E-state index contributed by atoms with van der Waals surface area (Å²) in [5, 5.41) is 0. The van der Waals surface area contributed by atoms with Crippen LogP contribution in [0.25, 0.3) is 0 Å². The van der Waals surface area contributed by atoms with Crippen LogP contribution in [0.1, 0.15) is 38.2 Å². The van der Waals surface area contributed by atoms with Crippen LogP contribution in [0.4, 0.5) is 0 Å². The highest BCUT2D eigenvalue weighted by Gasteiger charge is 1.97. The summed E-state index contributed by atoms with van der Waals surface area (Å²) in [6.45, 7) is 5.22. The molecule has 6 heteroatoms. The first kappa shape index (κ1) is 18.4. The second-order valence-electron chi connectivity index (χ2n) is 5.18. The van der Waals surface area contributed by atoms with Crippen LogP contribution < -0.4 is 4.57 Å². The number of nitrogens with one attached hydrogen (secondary N) is 1. The van der Waals surface area contributed by atoms with Crippen molar-refractivity contribution in [3.05, 3.63) is 48.5 Å². The van der Waals surface area contributed by atoms with Gasteiger partial charge in [0, 0.05) is 0 Å². The Morgan fingerprint density at radius 3 is 2.32 bits per heavy atom. The number of imidazole rings is 1. The van der Waals surface area contributed by atoms with E-state index in [1.807, 2.05) is 19.4 Å². The topological polar surface area (TPSA) is 76.9 Å². The molecule has 1 heterocycles. The summed E-state index contributed by atoms with van der Waals surface area (Å²) in [4.78, 5) is 2.86. The van der Waals surface area contributed by atoms with E-state index in [0.29, 0.717) is 0 Å². The van der Waals surface area contributed by atoms with Gasteiger partial charge in [-0.1, -0.05) is 37.5 Å². The molecule has 0 bridgehead atoms. The predicted octanol–water partition coefficient (Wildman–Crippen LogP) is 2.78. The fourth-order valence-electron chi connectivity index (χ4n) is 1.89. The molecule has 0 atom stereocenters. The van der Waals surface area contributed by atoms with Gasteiger partial charge >= 0.3 is 0 Å². The zero-order valence-corrected chi connectivity index (χ0v) is 14.0. The molecule has 5 nitrogen and oxygen atoms in total. The standard InChI is InChI=1S/C9H16N2.C7H8O3S/c1-2-3-4-5-7-11-8-6-10-9-11;1-6-2-4-7(5-3-6)11(8,9)10/h6,8-9H,2-5,7H2,1H3;2-5H,1H3,(H,8,9,10). The molecule has 1 N–H and O–H groups in total. The smallest absolute Gasteiger partial charge is 0.241 e. The molecule has 122 valence electrons. The maximum Gasteiger partial charge on any atom is 0.241 e. The molecule has 1 aromatic heterocycles. The lowest BCUT2D eigenvalue weighted by Gasteiger charge is -2.05. The van der Waals surface area contributed by atoms with Gasteiger partial charge in [0.15, 0.2) is 0 Å². The Labute approximate surface area is 132 Å². The quantitative estimate of drug-likeness (QED) is 0.504. The lowest BCUT2D eigenvalue weighted by Crippen LogP contribution is -2.30. The van der Waals surface area contributed by atoms with Gasteiger partial charge in [-0.3, -0.25) is 4.98 Å². The van der Waals surface area contributed by atoms with Crippen LogP contribution in [0.15, 0.2) is 47.9 Å². The summed E-state index contributed by atoms with van der Waals surface area (Å²) >= 11 is 0. The van der Waals surface area contributed by atoms with Crippen molar-refractivity contribution in [1.29, 1.82) is 0 Å². The number of H-pyrrole nitrogens is 1. The summed E-state index contributed by atoms with van der Waals surface area (Å²) in [5.74, 6) is 0. The number of aromatic amines is 1. The van der Waals surface area contributed by atoms with Gasteiger partial charge in [-0.25, -0.2) is 13.0 Å². The van der Waals surface area contributed by atoms with Crippen LogP contribution in [0.5, 0.6) is 0 Å². The van der Waals surface area contributed by atoms with Crippen LogP contribution in [-0.4, -0.2) is 18.0 Å². The maximum absolute atomic E-state index is 10.4. The molecule has 2 aromatic rings. The monoisotopic (exact) mass is 324 g/mol. The van der Waals surface area contributed by atoms with Crippen molar-refractivity contribution in [3.8, 4) is 0 Å². The SMILES string of the molecule is CCCCCC[n+]1cc[nH]c1.Cc1ccc(S(=O)(=O)[O-])cc1. The summed E-state index contributed by atoms with van der Waals surface area (Å²) < 4.78 is 33.4. The first-order valence-electron chi connectivity index (χ1n) is 7.48. The van der Waals surface area contributed by atoms with Gasteiger partial charge in [-0.05, 0) is 31.9 Å². The van der Waals surface area contributed by atoms with Crippen LogP contribution in [0, 0.1) is 6.92 Å². The molecule has 0 aliphatic heterocycles. The molecule has 22 heavy (non-hydrogen) atoms. The molecule has 0 unspecified atom stereocenters. The van der Waals surface area contributed by atoms with Crippen molar-refractivity contribution in [2.75, 3.05) is 0 Å². The van der Waals surface area contributed by atoms with Crippen LogP contribution >= 0.6 is 0 Å². The summed E-state index contributed by atoms with van der Waals surface area (Å²) in [5.41, 5.74) is 0.928. The second kappa shape index (κ2) is 9.38. The highest BCUT2D eigenvalue weighted by atomic mass is 32.2. The van der Waals surface area contributed by atoms with Gasteiger partial charge in [-0.2, -0.15) is 0 Å². The zero-order chi connectivity index (χ0) is 16.4. The summed E-state index contributed by atoms with van der Waals surface area (Å²) in [6, 6.07) is 5.78. The lowest BCUT2D eigenvalue weighted by molar-refractivity contribution is -0.696. The van der Waals surface area contributed by atoms with E-state index in [4.69, 9.17) is 0 Å². The van der Waals surface area contributed by atoms with Crippen LogP contribution in [0.3, 0.4) is 0 Å². The Kier molecular flexibility index (Phi) is 7.84. The summed E-state index contributed by atoms with van der Waals surface area (Å²) in [7, 11) is -4.27. The highest BCUT2D eigenvalue weighted by molar-refractivity contribution is 7.85. The molecule has 0 radical (unpaired) electrons. The fraction of sp³-hybridized carbons (Fsp3) is 0.438. The molecule has 2 rings (SSSR count). The molecule has 1 aromatic carbocycles. The van der Waals surface area contributed by atoms with Crippen molar-refractivity contribution in [1.82, 2.24) is 4.98 Å². The zero-order valence-electron chi connectivity index (χ0n) is 13.2. The van der Waals surface area contributed by atoms with Crippen LogP contribution in [-0.2, 0) is 16.7 Å². The molecule has 0 amide bonds. The normalized spacial score (nSPS) is 10.9. The van der Waals surface area contributed by atoms with Gasteiger partial charge < -0.3 is 4.55 Å². The third-order valence-electron chi connectivity index (χ3n) is 3.18. The number of benzene rings is 1. The number of aryl methyl sites for hydroxylation is 2. The van der Waals surface area contributed by atoms with Gasteiger partial charge in [0.1, 0.15) is 22.5 Å². The van der Waals surface area contributed by atoms with E-state index in [1.165, 1.54) is 37.8 Å². The van der Waals surface area contributed by atoms with Gasteiger partial charge in [0.25, 0.3) is 0 Å². The Balaban J connectivity index is 0.000000220. The third-order valence-corrected chi connectivity index (χ3v) is 4.03. The predicted molar refractivity (Wildman–Crippen MR) is 84.3 cm³/mol. The van der Waals surface area contributed by atoms with E-state index in [2.05, 4.69) is 22.7 Å². The number of nitrogens with zero attached hydrogens (tertiary/aromatic N) is 1. The third kappa shape index (κ3) is 7.38. The van der Waals surface area contributed by atoms with E-state index in [9.17, 15) is 13.0 Å². The minimum Gasteiger partial charge on any atom is -0.744 e. The van der Waals surface area contributed by atoms with E-state index >= 15 is 0 Å². The minimum absolute atomic E-state index is 0.178. The van der Waals surface area contributed by atoms with Gasteiger partial charge in [0.05, 0.1) is 11.4 Å². The average Bonchev–Trinajstić information content (AvgIpc) is 2.97. The van der Waals surface area contributed by atoms with E-state index in [0.717, 1.165) is 12.1 Å². The van der Waals surface area contributed by atoms with E-state index in [1.54, 1.807) is 12.1 Å². The minimum atomic E-state index is -4.27. The van der Waals surface area contributed by atoms with Crippen LogP contribution in [0.2, 0.25) is 0 Å². The van der Waals surface area contributed by atoms with Crippen molar-refractivity contribution in [2.24, 2.45) is 0 Å². The molecule has 0 saturated heterocycles. The Morgan fingerprint density at radius 2 is 1.82 bits per heavy atom. The molecule has 0 saturated carbocycles. The van der Waals surface area contributed by atoms with Gasteiger partial charge in [0.2, 0.25) is 6.33 Å². The number of aromatic nitrogens is 2. The first-order chi connectivity index (χ1) is 10.4. The van der Waals surface area contributed by atoms with Crippen molar-refractivity contribution >= 4 is 10.1 Å². The summed E-state index contributed by atoms with van der Waals surface area (Å²) in [6.07, 6.45) is 11.4. The van der Waals surface area contributed by atoms with Crippen molar-refractivity contribution in [2.45, 2.75) is 51.0 Å². The number of unbranched alkanes of at least 4 members (excludes halogenated alkanes) is 3. The average molecular weight is 324 g/mol. The molecular weight excluding hydrogens is 300 g/mol. The molecule has 0 aliphatic carbocycles. The van der Waals surface area contributed by atoms with E-state index in [-0.39, 0.29) is 4.90 Å². The number of hydrogen-bond acceptors (Lipinski definition) is 3. The molecule has 0 fully saturated rings. The fourth-order valence-corrected chi connectivity index (χ4v) is 2.36. The first-order valence-corrected chi connectivity index (χ1v) is 8.88. The number of hydrogen-bond donors (Lipinski definition) is 1. The van der Waals surface area contributed by atoms with Crippen molar-refractivity contribution in [3.63, 3.8) is 0 Å². The molecular formula is C16H24N2O3S. The Hall–Kier alpha value is -1.66. The lowest BCUT2D eigenvalue weighted by atomic mass is 10.2. The highest BCUT2D eigenvalue weighted by Crippen LogP contribution is 2.08.